The van der Waals surface area contributed by atoms with Gasteiger partial charge in [-0.3, -0.25) is 14.5 Å². The highest BCUT2D eigenvalue weighted by molar-refractivity contribution is 7.91. The predicted octanol–water partition coefficient (Wildman–Crippen LogP) is 1.36. The Labute approximate surface area is 189 Å². The minimum atomic E-state index is -2.93. The van der Waals surface area contributed by atoms with Gasteiger partial charge in [0.1, 0.15) is 6.04 Å². The third kappa shape index (κ3) is 5.55. The van der Waals surface area contributed by atoms with Crippen LogP contribution in [0.3, 0.4) is 0 Å². The molecule has 4 rings (SSSR count). The third-order valence-electron chi connectivity index (χ3n) is 6.27. The summed E-state index contributed by atoms with van der Waals surface area (Å²) in [5, 5.41) is 2.93. The van der Waals surface area contributed by atoms with Crippen molar-refractivity contribution in [1.29, 1.82) is 0 Å². The summed E-state index contributed by atoms with van der Waals surface area (Å²) in [6.07, 6.45) is 1.08. The molecule has 8 heteroatoms. The van der Waals surface area contributed by atoms with Gasteiger partial charge in [0.15, 0.2) is 9.84 Å². The number of rotatable bonds is 6. The second kappa shape index (κ2) is 9.83. The zero-order valence-electron chi connectivity index (χ0n) is 18.0. The second-order valence-corrected chi connectivity index (χ2v) is 10.7. The van der Waals surface area contributed by atoms with Gasteiger partial charge in [0.2, 0.25) is 5.91 Å². The van der Waals surface area contributed by atoms with Crippen LogP contribution in [0.4, 0.5) is 0 Å². The van der Waals surface area contributed by atoms with E-state index in [1.165, 1.54) is 0 Å². The molecule has 2 atom stereocenters. The summed E-state index contributed by atoms with van der Waals surface area (Å²) < 4.78 is 23.6. The maximum atomic E-state index is 13.4. The summed E-state index contributed by atoms with van der Waals surface area (Å²) >= 11 is 0. The first-order valence-electron chi connectivity index (χ1n) is 11.0. The van der Waals surface area contributed by atoms with Crippen LogP contribution in [0.1, 0.15) is 22.3 Å². The van der Waals surface area contributed by atoms with Crippen molar-refractivity contribution >= 4 is 21.7 Å². The molecule has 2 fully saturated rings. The molecule has 2 aliphatic heterocycles. The Balaban J connectivity index is 1.42. The van der Waals surface area contributed by atoms with E-state index in [1.54, 1.807) is 29.2 Å². The van der Waals surface area contributed by atoms with Crippen molar-refractivity contribution in [2.24, 2.45) is 0 Å². The van der Waals surface area contributed by atoms with Crippen LogP contribution in [0.2, 0.25) is 0 Å². The molecule has 2 aromatic carbocycles. The summed E-state index contributed by atoms with van der Waals surface area (Å²) in [5.74, 6) is 0.0955. The number of piperazine rings is 1. The lowest BCUT2D eigenvalue weighted by Gasteiger charge is -2.39. The number of carbonyl (C=O) groups excluding carboxylic acids is 2. The number of nitrogens with zero attached hydrogens (tertiary/aromatic N) is 2. The zero-order chi connectivity index (χ0) is 22.6. The van der Waals surface area contributed by atoms with Gasteiger partial charge < -0.3 is 10.2 Å². The largest absolute Gasteiger partial charge is 0.340 e. The molecule has 32 heavy (non-hydrogen) atoms. The molecule has 0 bridgehead atoms. The Morgan fingerprint density at radius 3 is 2.16 bits per heavy atom. The number of amides is 2. The van der Waals surface area contributed by atoms with E-state index in [1.807, 2.05) is 36.4 Å². The summed E-state index contributed by atoms with van der Waals surface area (Å²) in [6.45, 7) is 2.36. The molecule has 1 N–H and O–H groups in total. The van der Waals surface area contributed by atoms with Gasteiger partial charge in [-0.1, -0.05) is 48.5 Å². The van der Waals surface area contributed by atoms with Crippen LogP contribution in [0.5, 0.6) is 0 Å². The van der Waals surface area contributed by atoms with Crippen LogP contribution in [-0.4, -0.2) is 79.8 Å². The molecule has 2 heterocycles. The van der Waals surface area contributed by atoms with Gasteiger partial charge in [-0.2, -0.15) is 0 Å². The number of nitrogens with one attached hydrogen (secondary N) is 1. The molecule has 0 radical (unpaired) electrons. The lowest BCUT2D eigenvalue weighted by Crippen LogP contribution is -2.57. The maximum absolute atomic E-state index is 13.4. The van der Waals surface area contributed by atoms with Crippen molar-refractivity contribution < 1.29 is 18.0 Å². The van der Waals surface area contributed by atoms with E-state index in [0.717, 1.165) is 5.56 Å². The Morgan fingerprint density at radius 2 is 1.56 bits per heavy atom. The van der Waals surface area contributed by atoms with E-state index < -0.39 is 15.9 Å². The molecule has 2 aliphatic rings. The standard InChI is InChI=1S/C24H29N3O4S/c28-23(20-9-5-2-6-10-20)25-22(17-19-7-3-1-4-8-19)24(29)27-14-12-26(13-15-27)21-11-16-32(30,31)18-21/h1-10,21-22H,11-18H2,(H,25,28)/t21-,22-/m0/s1. The van der Waals surface area contributed by atoms with Gasteiger partial charge in [0.25, 0.3) is 5.91 Å². The average Bonchev–Trinajstić information content (AvgIpc) is 3.19. The first-order valence-corrected chi connectivity index (χ1v) is 12.9. The summed E-state index contributed by atoms with van der Waals surface area (Å²) in [6, 6.07) is 18.0. The summed E-state index contributed by atoms with van der Waals surface area (Å²) in [5.41, 5.74) is 1.50. The average molecular weight is 456 g/mol. The maximum Gasteiger partial charge on any atom is 0.251 e. The third-order valence-corrected chi connectivity index (χ3v) is 8.02. The molecule has 0 aromatic heterocycles. The monoisotopic (exact) mass is 455 g/mol. The molecule has 2 saturated heterocycles. The van der Waals surface area contributed by atoms with Gasteiger partial charge in [0.05, 0.1) is 11.5 Å². The normalized spacial score (nSPS) is 21.8. The Morgan fingerprint density at radius 1 is 0.938 bits per heavy atom. The van der Waals surface area contributed by atoms with E-state index in [0.29, 0.717) is 44.6 Å². The van der Waals surface area contributed by atoms with Crippen molar-refractivity contribution in [3.63, 3.8) is 0 Å². The topological polar surface area (TPSA) is 86.8 Å². The van der Waals surface area contributed by atoms with Gasteiger partial charge in [-0.15, -0.1) is 0 Å². The summed E-state index contributed by atoms with van der Waals surface area (Å²) in [7, 11) is -2.93. The highest BCUT2D eigenvalue weighted by Gasteiger charge is 2.35. The van der Waals surface area contributed by atoms with Gasteiger partial charge in [-0.05, 0) is 24.1 Å². The van der Waals surface area contributed by atoms with Crippen LogP contribution < -0.4 is 5.32 Å². The predicted molar refractivity (Wildman–Crippen MR) is 123 cm³/mol. The molecule has 0 spiro atoms. The van der Waals surface area contributed by atoms with E-state index >= 15 is 0 Å². The quantitative estimate of drug-likeness (QED) is 0.711. The van der Waals surface area contributed by atoms with Crippen LogP contribution in [0, 0.1) is 0 Å². The highest BCUT2D eigenvalue weighted by atomic mass is 32.2. The summed E-state index contributed by atoms with van der Waals surface area (Å²) in [4.78, 5) is 30.1. The molecule has 170 valence electrons. The van der Waals surface area contributed by atoms with E-state index in [4.69, 9.17) is 0 Å². The molecular weight excluding hydrogens is 426 g/mol. The fourth-order valence-corrected chi connectivity index (χ4v) is 6.23. The molecule has 7 nitrogen and oxygen atoms in total. The first-order chi connectivity index (χ1) is 15.4. The highest BCUT2D eigenvalue weighted by Crippen LogP contribution is 2.20. The lowest BCUT2D eigenvalue weighted by atomic mass is 10.0. The van der Waals surface area contributed by atoms with Crippen molar-refractivity contribution in [3.8, 4) is 0 Å². The van der Waals surface area contributed by atoms with Gasteiger partial charge in [-0.25, -0.2) is 8.42 Å². The molecule has 0 aliphatic carbocycles. The number of sulfone groups is 1. The van der Waals surface area contributed by atoms with Crippen LogP contribution in [0.15, 0.2) is 60.7 Å². The lowest BCUT2D eigenvalue weighted by molar-refractivity contribution is -0.135. The van der Waals surface area contributed by atoms with Crippen molar-refractivity contribution in [1.82, 2.24) is 15.1 Å². The number of benzene rings is 2. The fourth-order valence-electron chi connectivity index (χ4n) is 4.47. The molecular formula is C24H29N3O4S. The van der Waals surface area contributed by atoms with Gasteiger partial charge in [0, 0.05) is 44.2 Å². The fraction of sp³-hybridized carbons (Fsp3) is 0.417. The number of hydrogen-bond acceptors (Lipinski definition) is 5. The Hall–Kier alpha value is -2.71. The Kier molecular flexibility index (Phi) is 6.91. The number of hydrogen-bond donors (Lipinski definition) is 1. The van der Waals surface area contributed by atoms with Crippen LogP contribution in [0.25, 0.3) is 0 Å². The van der Waals surface area contributed by atoms with E-state index in [9.17, 15) is 18.0 Å². The molecule has 0 unspecified atom stereocenters. The first kappa shape index (κ1) is 22.5. The van der Waals surface area contributed by atoms with E-state index in [2.05, 4.69) is 10.2 Å². The molecule has 0 saturated carbocycles. The smallest absolute Gasteiger partial charge is 0.251 e. The minimum Gasteiger partial charge on any atom is -0.340 e. The molecule has 2 amide bonds. The zero-order valence-corrected chi connectivity index (χ0v) is 18.8. The Bertz CT molecular complexity index is 1040. The SMILES string of the molecule is O=C(N[C@@H](Cc1ccccc1)C(=O)N1CCN([C@H]2CCS(=O)(=O)C2)CC1)c1ccccc1. The van der Waals surface area contributed by atoms with Crippen molar-refractivity contribution in [3.05, 3.63) is 71.8 Å². The van der Waals surface area contributed by atoms with Crippen molar-refractivity contribution in [2.45, 2.75) is 24.9 Å². The molecule has 2 aromatic rings. The van der Waals surface area contributed by atoms with Crippen LogP contribution in [-0.2, 0) is 21.1 Å². The van der Waals surface area contributed by atoms with Crippen molar-refractivity contribution in [2.75, 3.05) is 37.7 Å². The van der Waals surface area contributed by atoms with Crippen LogP contribution >= 0.6 is 0 Å². The minimum absolute atomic E-state index is 0.0511. The number of carbonyl (C=O) groups is 2. The second-order valence-electron chi connectivity index (χ2n) is 8.50. The van der Waals surface area contributed by atoms with E-state index in [-0.39, 0.29) is 29.4 Å². The van der Waals surface area contributed by atoms with Gasteiger partial charge >= 0.3 is 0 Å².